The van der Waals surface area contributed by atoms with Gasteiger partial charge in [0.25, 0.3) is 0 Å². The molecule has 2 fully saturated rings. The number of aliphatic hydroxyl groups is 1. The monoisotopic (exact) mass is 293 g/mol. The summed E-state index contributed by atoms with van der Waals surface area (Å²) in [5.74, 6) is 0.792. The van der Waals surface area contributed by atoms with Crippen LogP contribution < -0.4 is 0 Å². The molecule has 0 aromatic rings. The zero-order valence-electron chi connectivity index (χ0n) is 13.0. The van der Waals surface area contributed by atoms with Crippen LogP contribution in [0.25, 0.3) is 0 Å². The van der Waals surface area contributed by atoms with Gasteiger partial charge >= 0.3 is 0 Å². The maximum Gasteiger partial charge on any atom is 0.212 e. The number of nitriles is 1. The van der Waals surface area contributed by atoms with Gasteiger partial charge in [0.1, 0.15) is 0 Å². The zero-order valence-corrected chi connectivity index (χ0v) is 13.0. The van der Waals surface area contributed by atoms with E-state index in [9.17, 15) is 0 Å². The van der Waals surface area contributed by atoms with Crippen LogP contribution in [0, 0.1) is 11.5 Å². The molecule has 0 aliphatic carbocycles. The molecule has 0 bridgehead atoms. The van der Waals surface area contributed by atoms with Gasteiger partial charge in [-0.25, -0.2) is 0 Å². The van der Waals surface area contributed by atoms with Gasteiger partial charge in [0, 0.05) is 45.4 Å². The van der Waals surface area contributed by atoms with E-state index in [0.717, 1.165) is 57.6 Å². The molecule has 0 saturated carbocycles. The molecular weight excluding hydrogens is 266 g/mol. The van der Waals surface area contributed by atoms with Gasteiger partial charge in [-0.2, -0.15) is 5.26 Å². The number of aliphatic hydroxyl groups excluding tert-OH is 1. The van der Waals surface area contributed by atoms with Gasteiger partial charge in [0.2, 0.25) is 12.2 Å². The maximum absolute atomic E-state index is 8.95. The minimum Gasteiger partial charge on any atom is -0.396 e. The Bertz CT molecular complexity index is 392. The summed E-state index contributed by atoms with van der Waals surface area (Å²) < 4.78 is 0. The van der Waals surface area contributed by atoms with Crippen LogP contribution in [-0.4, -0.2) is 77.7 Å². The van der Waals surface area contributed by atoms with Crippen LogP contribution in [0.3, 0.4) is 0 Å². The lowest BCUT2D eigenvalue weighted by atomic mass is 10.2. The molecule has 2 heterocycles. The van der Waals surface area contributed by atoms with Crippen molar-refractivity contribution in [3.8, 4) is 6.19 Å². The fraction of sp³-hybridized carbons (Fsp3) is 0.867. The van der Waals surface area contributed by atoms with Gasteiger partial charge in [-0.1, -0.05) is 0 Å². The Morgan fingerprint density at radius 1 is 1.19 bits per heavy atom. The Labute approximate surface area is 127 Å². The van der Waals surface area contributed by atoms with Crippen LogP contribution in [0.5, 0.6) is 0 Å². The van der Waals surface area contributed by atoms with Crippen molar-refractivity contribution in [2.45, 2.75) is 38.6 Å². The van der Waals surface area contributed by atoms with Crippen LogP contribution >= 0.6 is 0 Å². The highest BCUT2D eigenvalue weighted by Gasteiger charge is 2.26. The van der Waals surface area contributed by atoms with Gasteiger partial charge in [-0.05, 0) is 39.2 Å². The molecular formula is C15H27N5O. The van der Waals surface area contributed by atoms with E-state index in [4.69, 9.17) is 10.4 Å². The second-order valence-electron chi connectivity index (χ2n) is 5.94. The number of nitrogens with zero attached hydrogens (tertiary/aromatic N) is 5. The van der Waals surface area contributed by atoms with Gasteiger partial charge < -0.3 is 19.8 Å². The summed E-state index contributed by atoms with van der Waals surface area (Å²) >= 11 is 0. The van der Waals surface area contributed by atoms with Gasteiger partial charge in [0.15, 0.2) is 0 Å². The third-order valence-corrected chi connectivity index (χ3v) is 4.51. The van der Waals surface area contributed by atoms with Crippen molar-refractivity contribution in [2.75, 3.05) is 45.9 Å². The number of guanidine groups is 1. The van der Waals surface area contributed by atoms with Crippen molar-refractivity contribution in [1.82, 2.24) is 14.7 Å². The summed E-state index contributed by atoms with van der Waals surface area (Å²) in [5, 5.41) is 17.8. The standard InChI is InChI=1S/C15H27N5O/c1-14-5-2-6-18(14)7-3-8-19-10-11-20(9-4-12-21)15(19)17-13-16/h14,21H,2-12H2,1H3/b17-15+. The molecule has 0 radical (unpaired) electrons. The molecule has 0 aromatic heterocycles. The summed E-state index contributed by atoms with van der Waals surface area (Å²) in [4.78, 5) is 10.9. The van der Waals surface area contributed by atoms with E-state index in [0.29, 0.717) is 0 Å². The Kier molecular flexibility index (Phi) is 6.27. The van der Waals surface area contributed by atoms with E-state index in [1.165, 1.54) is 19.4 Å². The normalized spacial score (nSPS) is 25.0. The average molecular weight is 293 g/mol. The van der Waals surface area contributed by atoms with Crippen molar-refractivity contribution >= 4 is 5.96 Å². The topological polar surface area (TPSA) is 66.1 Å². The lowest BCUT2D eigenvalue weighted by molar-refractivity contribution is 0.255. The number of rotatable bonds is 7. The van der Waals surface area contributed by atoms with Crippen molar-refractivity contribution < 1.29 is 5.11 Å². The predicted molar refractivity (Wildman–Crippen MR) is 82.8 cm³/mol. The van der Waals surface area contributed by atoms with E-state index < -0.39 is 0 Å². The van der Waals surface area contributed by atoms with Crippen LogP contribution in [0.1, 0.15) is 32.6 Å². The fourth-order valence-corrected chi connectivity index (χ4v) is 3.30. The lowest BCUT2D eigenvalue weighted by Crippen LogP contribution is -2.36. The molecule has 2 rings (SSSR count). The van der Waals surface area contributed by atoms with Gasteiger partial charge in [-0.3, -0.25) is 0 Å². The molecule has 0 aromatic carbocycles. The first kappa shape index (κ1) is 16.1. The Balaban J connectivity index is 1.79. The largest absolute Gasteiger partial charge is 0.396 e. The molecule has 6 nitrogen and oxygen atoms in total. The molecule has 2 saturated heterocycles. The van der Waals surface area contributed by atoms with Gasteiger partial charge in [0.05, 0.1) is 0 Å². The van der Waals surface area contributed by atoms with Crippen molar-refractivity contribution in [1.29, 1.82) is 5.26 Å². The third kappa shape index (κ3) is 4.32. The average Bonchev–Trinajstić information content (AvgIpc) is 3.05. The summed E-state index contributed by atoms with van der Waals surface area (Å²) in [6, 6.07) is 0.719. The highest BCUT2D eigenvalue weighted by atomic mass is 16.3. The fourth-order valence-electron chi connectivity index (χ4n) is 3.30. The highest BCUT2D eigenvalue weighted by Crippen LogP contribution is 2.17. The lowest BCUT2D eigenvalue weighted by Gasteiger charge is -2.24. The maximum atomic E-state index is 8.95. The third-order valence-electron chi connectivity index (χ3n) is 4.51. The summed E-state index contributed by atoms with van der Waals surface area (Å²) in [5.41, 5.74) is 0. The minimum atomic E-state index is 0.184. The van der Waals surface area contributed by atoms with E-state index in [-0.39, 0.29) is 6.61 Å². The first-order chi connectivity index (χ1) is 10.3. The Morgan fingerprint density at radius 2 is 1.90 bits per heavy atom. The number of likely N-dealkylation sites (tertiary alicyclic amines) is 1. The first-order valence-electron chi connectivity index (χ1n) is 8.08. The molecule has 21 heavy (non-hydrogen) atoms. The second kappa shape index (κ2) is 8.20. The van der Waals surface area contributed by atoms with Crippen LogP contribution in [-0.2, 0) is 0 Å². The van der Waals surface area contributed by atoms with Gasteiger partial charge in [-0.15, -0.1) is 4.99 Å². The summed E-state index contributed by atoms with van der Waals surface area (Å²) in [7, 11) is 0. The molecule has 118 valence electrons. The molecule has 0 amide bonds. The number of aliphatic imine (C=N–C) groups is 1. The smallest absolute Gasteiger partial charge is 0.212 e. The molecule has 1 unspecified atom stereocenters. The first-order valence-corrected chi connectivity index (χ1v) is 8.08. The summed E-state index contributed by atoms with van der Waals surface area (Å²) in [6.45, 7) is 8.42. The number of hydrogen-bond acceptors (Lipinski definition) is 4. The quantitative estimate of drug-likeness (QED) is 0.700. The van der Waals surface area contributed by atoms with Crippen molar-refractivity contribution in [3.63, 3.8) is 0 Å². The second-order valence-corrected chi connectivity index (χ2v) is 5.94. The predicted octanol–water partition coefficient (Wildman–Crippen LogP) is 0.698. The number of hydrogen-bond donors (Lipinski definition) is 1. The van der Waals surface area contributed by atoms with E-state index in [1.54, 1.807) is 0 Å². The SMILES string of the molecule is CC1CCCN1CCCN1CCN(CCCO)/C1=N/C#N. The Hall–Kier alpha value is -1.32. The molecule has 1 N–H and O–H groups in total. The minimum absolute atomic E-state index is 0.184. The molecule has 0 spiro atoms. The van der Waals surface area contributed by atoms with Crippen molar-refractivity contribution in [3.05, 3.63) is 0 Å². The Morgan fingerprint density at radius 3 is 2.48 bits per heavy atom. The molecule has 2 aliphatic rings. The van der Waals surface area contributed by atoms with E-state index in [2.05, 4.69) is 26.6 Å². The van der Waals surface area contributed by atoms with Crippen molar-refractivity contribution in [2.24, 2.45) is 4.99 Å². The van der Waals surface area contributed by atoms with E-state index >= 15 is 0 Å². The van der Waals surface area contributed by atoms with Crippen LogP contribution in [0.15, 0.2) is 4.99 Å². The molecule has 1 atom stereocenters. The molecule has 6 heteroatoms. The van der Waals surface area contributed by atoms with E-state index in [1.807, 2.05) is 6.19 Å². The zero-order chi connectivity index (χ0) is 15.1. The summed E-state index contributed by atoms with van der Waals surface area (Å²) in [6.07, 6.45) is 6.40. The molecule has 2 aliphatic heterocycles. The highest BCUT2D eigenvalue weighted by molar-refractivity contribution is 5.82. The van der Waals surface area contributed by atoms with Crippen LogP contribution in [0.2, 0.25) is 0 Å². The van der Waals surface area contributed by atoms with Crippen LogP contribution in [0.4, 0.5) is 0 Å².